The number of aryl methyl sites for hydroxylation is 2. The van der Waals surface area contributed by atoms with Crippen LogP contribution in [0.15, 0.2) is 60.7 Å². The molecule has 1 nitrogen and oxygen atoms in total. The fraction of sp³-hybridized carbons (Fsp3) is 0.273. The molecule has 3 aromatic rings. The van der Waals surface area contributed by atoms with E-state index in [4.69, 9.17) is 0 Å². The number of nitrogens with one attached hydrogen (secondary N) is 1. The van der Waals surface area contributed by atoms with Gasteiger partial charge >= 0.3 is 0 Å². The molecule has 0 bridgehead atoms. The first kappa shape index (κ1) is 15.8. The minimum atomic E-state index is 0.303. The Morgan fingerprint density at radius 1 is 0.739 bits per heavy atom. The molecule has 0 saturated heterocycles. The van der Waals surface area contributed by atoms with Gasteiger partial charge in [-0.3, -0.25) is 0 Å². The van der Waals surface area contributed by atoms with E-state index in [0.29, 0.717) is 12.1 Å². The number of hydrogen-bond acceptors (Lipinski definition) is 1. The Balaban J connectivity index is 1.85. The number of rotatable bonds is 4. The summed E-state index contributed by atoms with van der Waals surface area (Å²) in [7, 11) is 0. The maximum Gasteiger partial charge on any atom is 0.0303 e. The summed E-state index contributed by atoms with van der Waals surface area (Å²) in [5, 5.41) is 6.39. The van der Waals surface area contributed by atoms with Crippen LogP contribution in [0.5, 0.6) is 0 Å². The second-order valence-electron chi connectivity index (χ2n) is 6.52. The summed E-state index contributed by atoms with van der Waals surface area (Å²) in [6.45, 7) is 8.83. The molecule has 0 unspecified atom stereocenters. The van der Waals surface area contributed by atoms with Crippen LogP contribution >= 0.6 is 0 Å². The van der Waals surface area contributed by atoms with Gasteiger partial charge in [0.2, 0.25) is 0 Å². The van der Waals surface area contributed by atoms with Crippen LogP contribution in [0.2, 0.25) is 0 Å². The lowest BCUT2D eigenvalue weighted by molar-refractivity contribution is 0.497. The van der Waals surface area contributed by atoms with Gasteiger partial charge in [-0.2, -0.15) is 0 Å². The molecule has 2 atom stereocenters. The molecule has 23 heavy (non-hydrogen) atoms. The van der Waals surface area contributed by atoms with Crippen molar-refractivity contribution in [1.29, 1.82) is 0 Å². The zero-order valence-electron chi connectivity index (χ0n) is 14.4. The lowest BCUT2D eigenvalue weighted by atomic mass is 9.97. The molecule has 3 aromatic carbocycles. The summed E-state index contributed by atoms with van der Waals surface area (Å²) < 4.78 is 0. The van der Waals surface area contributed by atoms with Gasteiger partial charge in [0.05, 0.1) is 0 Å². The average Bonchev–Trinajstić information content (AvgIpc) is 2.56. The normalized spacial score (nSPS) is 13.9. The first-order valence-corrected chi connectivity index (χ1v) is 8.37. The van der Waals surface area contributed by atoms with E-state index < -0.39 is 0 Å². The van der Waals surface area contributed by atoms with Crippen molar-refractivity contribution in [3.8, 4) is 0 Å². The van der Waals surface area contributed by atoms with Gasteiger partial charge in [-0.1, -0.05) is 60.7 Å². The highest BCUT2D eigenvalue weighted by Crippen LogP contribution is 2.26. The van der Waals surface area contributed by atoms with E-state index in [1.807, 2.05) is 0 Å². The number of fused-ring (bicyclic) bond motifs is 1. The Labute approximate surface area is 139 Å². The van der Waals surface area contributed by atoms with Crippen molar-refractivity contribution in [2.75, 3.05) is 0 Å². The van der Waals surface area contributed by atoms with Crippen LogP contribution in [0.25, 0.3) is 10.8 Å². The van der Waals surface area contributed by atoms with Crippen LogP contribution in [0.4, 0.5) is 0 Å². The predicted octanol–water partition coefficient (Wildman–Crippen LogP) is 5.87. The molecular weight excluding hydrogens is 278 g/mol. The third kappa shape index (κ3) is 3.30. The van der Waals surface area contributed by atoms with Gasteiger partial charge in [0.1, 0.15) is 0 Å². The van der Waals surface area contributed by atoms with Gasteiger partial charge in [-0.25, -0.2) is 0 Å². The van der Waals surface area contributed by atoms with Crippen LogP contribution in [-0.4, -0.2) is 0 Å². The van der Waals surface area contributed by atoms with E-state index in [-0.39, 0.29) is 0 Å². The van der Waals surface area contributed by atoms with E-state index in [9.17, 15) is 0 Å². The van der Waals surface area contributed by atoms with E-state index in [2.05, 4.69) is 93.7 Å². The van der Waals surface area contributed by atoms with Crippen molar-refractivity contribution in [2.45, 2.75) is 39.8 Å². The largest absolute Gasteiger partial charge is 0.304 e. The summed E-state index contributed by atoms with van der Waals surface area (Å²) >= 11 is 0. The number of hydrogen-bond donors (Lipinski definition) is 1. The van der Waals surface area contributed by atoms with Crippen molar-refractivity contribution in [1.82, 2.24) is 5.32 Å². The highest BCUT2D eigenvalue weighted by Gasteiger charge is 2.13. The summed E-state index contributed by atoms with van der Waals surface area (Å²) in [5.74, 6) is 0. The zero-order valence-corrected chi connectivity index (χ0v) is 14.4. The van der Waals surface area contributed by atoms with Gasteiger partial charge in [0.25, 0.3) is 0 Å². The van der Waals surface area contributed by atoms with Crippen LogP contribution in [-0.2, 0) is 0 Å². The van der Waals surface area contributed by atoms with Crippen molar-refractivity contribution >= 4 is 10.8 Å². The van der Waals surface area contributed by atoms with Crippen LogP contribution in [0.1, 0.15) is 48.2 Å². The summed E-state index contributed by atoms with van der Waals surface area (Å²) in [5.41, 5.74) is 5.41. The van der Waals surface area contributed by atoms with Crippen LogP contribution < -0.4 is 5.32 Å². The predicted molar refractivity (Wildman–Crippen MR) is 99.8 cm³/mol. The molecule has 0 spiro atoms. The highest BCUT2D eigenvalue weighted by atomic mass is 14.9. The third-order valence-corrected chi connectivity index (χ3v) is 4.82. The lowest BCUT2D eigenvalue weighted by Crippen LogP contribution is -2.22. The first-order valence-electron chi connectivity index (χ1n) is 8.37. The maximum absolute atomic E-state index is 3.75. The molecule has 3 rings (SSSR count). The summed E-state index contributed by atoms with van der Waals surface area (Å²) in [6, 6.07) is 22.5. The smallest absolute Gasteiger partial charge is 0.0303 e. The van der Waals surface area contributed by atoms with Crippen molar-refractivity contribution in [3.05, 3.63) is 82.9 Å². The Bertz CT molecular complexity index is 814. The van der Waals surface area contributed by atoms with Gasteiger partial charge in [-0.15, -0.1) is 0 Å². The quantitative estimate of drug-likeness (QED) is 0.635. The van der Waals surface area contributed by atoms with E-state index in [1.54, 1.807) is 0 Å². The Morgan fingerprint density at radius 3 is 2.26 bits per heavy atom. The molecule has 0 saturated carbocycles. The maximum atomic E-state index is 3.75. The second-order valence-corrected chi connectivity index (χ2v) is 6.52. The van der Waals surface area contributed by atoms with Crippen molar-refractivity contribution in [3.63, 3.8) is 0 Å². The Kier molecular flexibility index (Phi) is 4.49. The molecular formula is C22H25N. The zero-order chi connectivity index (χ0) is 16.4. The van der Waals surface area contributed by atoms with Crippen molar-refractivity contribution in [2.24, 2.45) is 0 Å². The minimum Gasteiger partial charge on any atom is -0.304 e. The van der Waals surface area contributed by atoms with Gasteiger partial charge in [-0.05, 0) is 60.7 Å². The lowest BCUT2D eigenvalue weighted by Gasteiger charge is -2.22. The molecule has 0 fully saturated rings. The minimum absolute atomic E-state index is 0.303. The number of benzene rings is 3. The SMILES string of the molecule is Cc1ccc([C@@H](C)N[C@H](C)c2cccc3ccccc23)cc1C. The van der Waals surface area contributed by atoms with Gasteiger partial charge in [0, 0.05) is 12.1 Å². The second kappa shape index (κ2) is 6.55. The standard InChI is InChI=1S/C22H25N/c1-15-12-13-20(14-16(15)2)17(3)23-18(4)21-11-7-9-19-8-5-6-10-22(19)21/h5-14,17-18,23H,1-4H3/t17-,18-/m1/s1. The van der Waals surface area contributed by atoms with Gasteiger partial charge in [0.15, 0.2) is 0 Å². The molecule has 0 amide bonds. The van der Waals surface area contributed by atoms with E-state index in [1.165, 1.54) is 33.0 Å². The van der Waals surface area contributed by atoms with Crippen LogP contribution in [0, 0.1) is 13.8 Å². The fourth-order valence-electron chi connectivity index (χ4n) is 3.22. The van der Waals surface area contributed by atoms with Gasteiger partial charge < -0.3 is 5.32 Å². The Morgan fingerprint density at radius 2 is 1.48 bits per heavy atom. The monoisotopic (exact) mass is 303 g/mol. The van der Waals surface area contributed by atoms with E-state index in [0.717, 1.165) is 0 Å². The summed E-state index contributed by atoms with van der Waals surface area (Å²) in [4.78, 5) is 0. The first-order chi connectivity index (χ1) is 11.1. The van der Waals surface area contributed by atoms with Crippen LogP contribution in [0.3, 0.4) is 0 Å². The molecule has 118 valence electrons. The third-order valence-electron chi connectivity index (χ3n) is 4.82. The van der Waals surface area contributed by atoms with Crippen molar-refractivity contribution < 1.29 is 0 Å². The highest BCUT2D eigenvalue weighted by molar-refractivity contribution is 5.86. The fourth-order valence-corrected chi connectivity index (χ4v) is 3.22. The molecule has 0 aliphatic rings. The molecule has 0 aliphatic heterocycles. The average molecular weight is 303 g/mol. The molecule has 0 heterocycles. The van der Waals surface area contributed by atoms with E-state index >= 15 is 0 Å². The molecule has 1 N–H and O–H groups in total. The molecule has 1 heteroatoms. The molecule has 0 radical (unpaired) electrons. The molecule has 0 aliphatic carbocycles. The summed E-state index contributed by atoms with van der Waals surface area (Å²) in [6.07, 6.45) is 0. The Hall–Kier alpha value is -2.12. The topological polar surface area (TPSA) is 12.0 Å². The molecule has 0 aromatic heterocycles.